The summed E-state index contributed by atoms with van der Waals surface area (Å²) >= 11 is 0. The summed E-state index contributed by atoms with van der Waals surface area (Å²) in [5.74, 6) is 0.510. The minimum absolute atomic E-state index is 0.0506. The smallest absolute Gasteiger partial charge is 0.239 e. The molecule has 1 heterocycles. The van der Waals surface area contributed by atoms with Gasteiger partial charge in [-0.2, -0.15) is 0 Å². The minimum atomic E-state index is -0.0506. The van der Waals surface area contributed by atoms with Gasteiger partial charge in [0.2, 0.25) is 11.8 Å². The first kappa shape index (κ1) is 15.0. The normalized spacial score (nSPS) is 15.0. The maximum absolute atomic E-state index is 12.1. The van der Waals surface area contributed by atoms with Gasteiger partial charge in [0.05, 0.1) is 6.54 Å². The fraction of sp³-hybridized carbons (Fsp3) is 0.846. The van der Waals surface area contributed by atoms with Gasteiger partial charge in [0.15, 0.2) is 0 Å². The van der Waals surface area contributed by atoms with Crippen LogP contribution >= 0.6 is 0 Å². The van der Waals surface area contributed by atoms with E-state index in [4.69, 9.17) is 0 Å². The lowest BCUT2D eigenvalue weighted by Gasteiger charge is -2.29. The van der Waals surface area contributed by atoms with Crippen molar-refractivity contribution in [3.8, 4) is 0 Å². The Labute approximate surface area is 109 Å². The van der Waals surface area contributed by atoms with E-state index in [-0.39, 0.29) is 18.4 Å². The fourth-order valence-corrected chi connectivity index (χ4v) is 1.92. The molecule has 1 aliphatic heterocycles. The molecule has 0 aliphatic carbocycles. The second kappa shape index (κ2) is 8.08. The van der Waals surface area contributed by atoms with Gasteiger partial charge in [-0.3, -0.25) is 9.59 Å². The molecule has 0 bridgehead atoms. The van der Waals surface area contributed by atoms with Crippen LogP contribution in [0.25, 0.3) is 0 Å². The Bertz CT molecular complexity index is 277. The Hall–Kier alpha value is -1.10. The molecule has 0 saturated carbocycles. The largest absolute Gasteiger partial charge is 0.355 e. The van der Waals surface area contributed by atoms with E-state index in [1.54, 1.807) is 4.90 Å². The molecule has 5 nitrogen and oxygen atoms in total. The summed E-state index contributed by atoms with van der Waals surface area (Å²) in [6.07, 6.45) is 2.37. The highest BCUT2D eigenvalue weighted by Crippen LogP contribution is 2.10. The van der Waals surface area contributed by atoms with E-state index in [2.05, 4.69) is 10.6 Å². The molecule has 0 radical (unpaired) electrons. The van der Waals surface area contributed by atoms with Gasteiger partial charge < -0.3 is 15.5 Å². The van der Waals surface area contributed by atoms with E-state index >= 15 is 0 Å². The Morgan fingerprint density at radius 1 is 1.28 bits per heavy atom. The van der Waals surface area contributed by atoms with Gasteiger partial charge in [0.25, 0.3) is 0 Å². The third kappa shape index (κ3) is 5.04. The molecule has 1 fully saturated rings. The van der Waals surface area contributed by atoms with Crippen molar-refractivity contribution in [3.05, 3.63) is 0 Å². The number of amides is 2. The van der Waals surface area contributed by atoms with Gasteiger partial charge in [0.1, 0.15) is 0 Å². The molecule has 1 rings (SSSR count). The fourth-order valence-electron chi connectivity index (χ4n) is 1.92. The zero-order valence-electron chi connectivity index (χ0n) is 11.5. The van der Waals surface area contributed by atoms with Crippen LogP contribution in [-0.2, 0) is 9.59 Å². The molecule has 1 aliphatic rings. The monoisotopic (exact) mass is 255 g/mol. The summed E-state index contributed by atoms with van der Waals surface area (Å²) in [5.41, 5.74) is 0. The summed E-state index contributed by atoms with van der Waals surface area (Å²) in [6.45, 7) is 7.43. The van der Waals surface area contributed by atoms with Crippen LogP contribution in [0.15, 0.2) is 0 Å². The lowest BCUT2D eigenvalue weighted by atomic mass is 9.98. The first-order chi connectivity index (χ1) is 8.67. The maximum Gasteiger partial charge on any atom is 0.239 e. The molecule has 0 aromatic rings. The molecular weight excluding hydrogens is 230 g/mol. The van der Waals surface area contributed by atoms with Crippen LogP contribution in [-0.4, -0.2) is 49.4 Å². The number of rotatable bonds is 8. The van der Waals surface area contributed by atoms with Crippen LogP contribution in [0.1, 0.15) is 33.1 Å². The van der Waals surface area contributed by atoms with Crippen LogP contribution in [0.5, 0.6) is 0 Å². The zero-order chi connectivity index (χ0) is 13.4. The highest BCUT2D eigenvalue weighted by molar-refractivity contribution is 5.84. The Morgan fingerprint density at radius 2 is 2.00 bits per heavy atom. The van der Waals surface area contributed by atoms with Crippen molar-refractivity contribution in [2.24, 2.45) is 5.92 Å². The minimum Gasteiger partial charge on any atom is -0.355 e. The predicted octanol–water partition coefficient (Wildman–Crippen LogP) is 0.361. The molecule has 0 spiro atoms. The third-order valence-electron chi connectivity index (χ3n) is 3.08. The lowest BCUT2D eigenvalue weighted by Crippen LogP contribution is -2.47. The maximum atomic E-state index is 12.1. The van der Waals surface area contributed by atoms with Crippen molar-refractivity contribution in [3.63, 3.8) is 0 Å². The van der Waals surface area contributed by atoms with Gasteiger partial charge in [0, 0.05) is 19.5 Å². The highest BCUT2D eigenvalue weighted by atomic mass is 16.2. The van der Waals surface area contributed by atoms with Crippen LogP contribution in [0.2, 0.25) is 0 Å². The zero-order valence-corrected chi connectivity index (χ0v) is 11.5. The van der Waals surface area contributed by atoms with Crippen LogP contribution in [0, 0.1) is 5.92 Å². The lowest BCUT2D eigenvalue weighted by molar-refractivity contribution is -0.137. The van der Waals surface area contributed by atoms with E-state index in [1.807, 2.05) is 13.8 Å². The third-order valence-corrected chi connectivity index (χ3v) is 3.08. The number of carbonyl (C=O) groups excluding carboxylic acids is 2. The van der Waals surface area contributed by atoms with Crippen LogP contribution in [0.4, 0.5) is 0 Å². The first-order valence-corrected chi connectivity index (χ1v) is 6.92. The van der Waals surface area contributed by atoms with Gasteiger partial charge in [-0.25, -0.2) is 0 Å². The molecule has 0 aromatic carbocycles. The number of hydrogen-bond donors (Lipinski definition) is 2. The van der Waals surface area contributed by atoms with E-state index in [9.17, 15) is 9.59 Å². The summed E-state index contributed by atoms with van der Waals surface area (Å²) in [5, 5.41) is 5.97. The second-order valence-corrected chi connectivity index (χ2v) is 4.89. The van der Waals surface area contributed by atoms with Crippen molar-refractivity contribution in [2.75, 3.05) is 32.7 Å². The first-order valence-electron chi connectivity index (χ1n) is 6.92. The summed E-state index contributed by atoms with van der Waals surface area (Å²) in [4.78, 5) is 25.4. The van der Waals surface area contributed by atoms with Gasteiger partial charge in [-0.15, -0.1) is 0 Å². The molecular formula is C13H25N3O2. The molecule has 2 amide bonds. The highest BCUT2D eigenvalue weighted by Gasteiger charge is 2.24. The van der Waals surface area contributed by atoms with E-state index in [1.165, 1.54) is 0 Å². The molecule has 1 saturated heterocycles. The van der Waals surface area contributed by atoms with Crippen LogP contribution in [0.3, 0.4) is 0 Å². The Balaban J connectivity index is 2.36. The molecule has 0 aromatic heterocycles. The van der Waals surface area contributed by atoms with Crippen molar-refractivity contribution in [2.45, 2.75) is 33.1 Å². The summed E-state index contributed by atoms with van der Waals surface area (Å²) in [7, 11) is 0. The Kier molecular flexibility index (Phi) is 6.72. The summed E-state index contributed by atoms with van der Waals surface area (Å²) < 4.78 is 0. The number of nitrogens with zero attached hydrogens (tertiary/aromatic N) is 1. The van der Waals surface area contributed by atoms with E-state index in [0.29, 0.717) is 25.4 Å². The average molecular weight is 255 g/mol. The molecule has 0 unspecified atom stereocenters. The Morgan fingerprint density at radius 3 is 2.50 bits per heavy atom. The quantitative estimate of drug-likeness (QED) is 0.658. The molecule has 0 atom stereocenters. The van der Waals surface area contributed by atoms with Crippen molar-refractivity contribution >= 4 is 11.8 Å². The average Bonchev–Trinajstić information content (AvgIpc) is 2.30. The van der Waals surface area contributed by atoms with E-state index in [0.717, 1.165) is 25.9 Å². The molecule has 104 valence electrons. The summed E-state index contributed by atoms with van der Waals surface area (Å²) in [6, 6.07) is 0. The number of carbonyl (C=O) groups is 2. The molecule has 5 heteroatoms. The van der Waals surface area contributed by atoms with Crippen molar-refractivity contribution in [1.29, 1.82) is 0 Å². The van der Waals surface area contributed by atoms with Gasteiger partial charge in [-0.05, 0) is 31.8 Å². The molecule has 18 heavy (non-hydrogen) atoms. The van der Waals surface area contributed by atoms with Crippen molar-refractivity contribution in [1.82, 2.24) is 15.5 Å². The molecule has 2 N–H and O–H groups in total. The number of hydrogen-bond acceptors (Lipinski definition) is 3. The standard InChI is InChI=1S/C13H25N3O2/c1-3-5-15-12(17)10-16(6-4-2)13(18)7-11-8-14-9-11/h11,14H,3-10H2,1-2H3,(H,15,17). The van der Waals surface area contributed by atoms with Gasteiger partial charge in [-0.1, -0.05) is 13.8 Å². The topological polar surface area (TPSA) is 61.4 Å². The second-order valence-electron chi connectivity index (χ2n) is 4.89. The van der Waals surface area contributed by atoms with Crippen molar-refractivity contribution < 1.29 is 9.59 Å². The SMILES string of the molecule is CCCNC(=O)CN(CCC)C(=O)CC1CNC1. The van der Waals surface area contributed by atoms with Gasteiger partial charge >= 0.3 is 0 Å². The van der Waals surface area contributed by atoms with Crippen LogP contribution < -0.4 is 10.6 Å². The predicted molar refractivity (Wildman–Crippen MR) is 71.1 cm³/mol. The van der Waals surface area contributed by atoms with E-state index < -0.39 is 0 Å². The number of nitrogens with one attached hydrogen (secondary N) is 2.